The zero-order chi connectivity index (χ0) is 20.8. The van der Waals surface area contributed by atoms with Crippen LogP contribution in [0.25, 0.3) is 0 Å². The Bertz CT molecular complexity index is 798. The van der Waals surface area contributed by atoms with E-state index in [1.807, 2.05) is 0 Å². The van der Waals surface area contributed by atoms with E-state index >= 15 is 0 Å². The van der Waals surface area contributed by atoms with Crippen molar-refractivity contribution in [3.8, 4) is 0 Å². The molecule has 0 heterocycles. The fraction of sp³-hybridized carbons (Fsp3) is 0.500. The number of rotatable bonds is 7. The van der Waals surface area contributed by atoms with Crippen molar-refractivity contribution in [1.29, 1.82) is 0 Å². The van der Waals surface area contributed by atoms with Gasteiger partial charge in [-0.3, -0.25) is 0 Å². The van der Waals surface area contributed by atoms with Gasteiger partial charge < -0.3 is 0 Å². The van der Waals surface area contributed by atoms with Crippen molar-refractivity contribution in [2.45, 2.75) is 85.6 Å². The summed E-state index contributed by atoms with van der Waals surface area (Å²) in [7, 11) is 0. The lowest BCUT2D eigenvalue weighted by Crippen LogP contribution is -2.02. The van der Waals surface area contributed by atoms with Crippen molar-refractivity contribution in [2.24, 2.45) is 9.98 Å². The highest BCUT2D eigenvalue weighted by molar-refractivity contribution is 5.62. The molecular weight excluding hydrogens is 340 g/mol. The Labute approximate surface area is 171 Å². The Kier molecular flexibility index (Phi) is 7.78. The third-order valence-corrected chi connectivity index (χ3v) is 5.30. The van der Waals surface area contributed by atoms with Gasteiger partial charge in [-0.15, -0.1) is 0 Å². The van der Waals surface area contributed by atoms with Gasteiger partial charge >= 0.3 is 0 Å². The summed E-state index contributed by atoms with van der Waals surface area (Å²) in [5.74, 6) is 1.81. The van der Waals surface area contributed by atoms with Gasteiger partial charge in [-0.2, -0.15) is 4.99 Å². The highest BCUT2D eigenvalue weighted by atomic mass is 14.8. The minimum Gasteiger partial charge on any atom is -0.220 e. The maximum absolute atomic E-state index is 4.70. The number of hydrogen-bond acceptors (Lipinski definition) is 2. The lowest BCUT2D eigenvalue weighted by Gasteiger charge is -2.18. The van der Waals surface area contributed by atoms with Crippen LogP contribution < -0.4 is 0 Å². The van der Waals surface area contributed by atoms with E-state index < -0.39 is 0 Å². The van der Waals surface area contributed by atoms with E-state index in [4.69, 9.17) is 4.99 Å². The van der Waals surface area contributed by atoms with Crippen LogP contribution in [0, 0.1) is 0 Å². The molecule has 28 heavy (non-hydrogen) atoms. The Hall–Kier alpha value is -2.18. The predicted molar refractivity (Wildman–Crippen MR) is 122 cm³/mol. The van der Waals surface area contributed by atoms with Crippen molar-refractivity contribution >= 4 is 11.7 Å². The summed E-state index contributed by atoms with van der Waals surface area (Å²) in [6, 6.07) is 16.1. The summed E-state index contributed by atoms with van der Waals surface area (Å²) in [5.41, 5.74) is 7.65. The lowest BCUT2D eigenvalue weighted by atomic mass is 9.89. The molecule has 0 radical (unpaired) electrons. The predicted octanol–water partition coefficient (Wildman–Crippen LogP) is 8.19. The molecule has 2 aromatic carbocycles. The van der Waals surface area contributed by atoms with E-state index in [1.165, 1.54) is 27.8 Å². The molecule has 0 unspecified atom stereocenters. The summed E-state index contributed by atoms with van der Waals surface area (Å²) in [5, 5.41) is 0. The Morgan fingerprint density at radius 1 is 0.643 bits per heavy atom. The normalized spacial score (nSPS) is 11.4. The van der Waals surface area contributed by atoms with Crippen LogP contribution in [0.5, 0.6) is 0 Å². The highest BCUT2D eigenvalue weighted by Crippen LogP contribution is 2.34. The van der Waals surface area contributed by atoms with Crippen molar-refractivity contribution < 1.29 is 0 Å². The van der Waals surface area contributed by atoms with Crippen LogP contribution in [0.2, 0.25) is 0 Å². The third kappa shape index (κ3) is 5.20. The summed E-state index contributed by atoms with van der Waals surface area (Å²) >= 11 is 0. The first-order valence-corrected chi connectivity index (χ1v) is 10.6. The van der Waals surface area contributed by atoms with Gasteiger partial charge in [0.15, 0.2) is 0 Å². The number of hydrogen-bond donors (Lipinski definition) is 0. The maximum atomic E-state index is 4.70. The molecule has 2 rings (SSSR count). The molecule has 0 N–H and O–H groups in total. The second kappa shape index (κ2) is 9.85. The number of benzene rings is 2. The highest BCUT2D eigenvalue weighted by Gasteiger charge is 2.14. The molecule has 0 amide bonds. The molecule has 0 aliphatic heterocycles. The van der Waals surface area contributed by atoms with Crippen molar-refractivity contribution in [2.75, 3.05) is 0 Å². The SMILES string of the molecule is CC(C)c1cccc(C(C)C)c1CN=C=Nc1c(C(C)C)cccc1C(C)C. The van der Waals surface area contributed by atoms with Crippen molar-refractivity contribution in [1.82, 2.24) is 0 Å². The van der Waals surface area contributed by atoms with Crippen LogP contribution in [-0.2, 0) is 6.54 Å². The van der Waals surface area contributed by atoms with Gasteiger partial charge in [-0.05, 0) is 51.5 Å². The van der Waals surface area contributed by atoms with E-state index in [9.17, 15) is 0 Å². The number of para-hydroxylation sites is 1. The van der Waals surface area contributed by atoms with Gasteiger partial charge in [-0.1, -0.05) is 91.8 Å². The summed E-state index contributed by atoms with van der Waals surface area (Å²) < 4.78 is 0. The average Bonchev–Trinajstić information content (AvgIpc) is 2.64. The van der Waals surface area contributed by atoms with E-state index in [0.717, 1.165) is 5.69 Å². The van der Waals surface area contributed by atoms with Crippen LogP contribution >= 0.6 is 0 Å². The largest absolute Gasteiger partial charge is 0.220 e. The fourth-order valence-corrected chi connectivity index (χ4v) is 3.73. The zero-order valence-electron chi connectivity index (χ0n) is 18.9. The molecular formula is C26H36N2. The molecule has 0 aromatic heterocycles. The van der Waals surface area contributed by atoms with Crippen molar-refractivity contribution in [3.63, 3.8) is 0 Å². The number of aliphatic imine (C=N–C) groups is 2. The molecule has 2 heteroatoms. The second-order valence-corrected chi connectivity index (χ2v) is 8.85. The second-order valence-electron chi connectivity index (χ2n) is 8.85. The van der Waals surface area contributed by atoms with Crippen LogP contribution in [-0.4, -0.2) is 6.01 Å². The lowest BCUT2D eigenvalue weighted by molar-refractivity contribution is 0.796. The molecule has 0 fully saturated rings. The maximum Gasteiger partial charge on any atom is 0.0952 e. The standard InChI is InChI=1S/C26H36N2/c1-17(2)21-11-9-12-22(18(3)4)25(21)15-27-16-28-26-23(19(5)6)13-10-14-24(26)20(7)8/h9-14,17-20H,15H2,1-8H3. The van der Waals surface area contributed by atoms with Crippen LogP contribution in [0.4, 0.5) is 5.69 Å². The first-order chi connectivity index (χ1) is 13.2. The van der Waals surface area contributed by atoms with Crippen LogP contribution in [0.1, 0.15) is 107 Å². The van der Waals surface area contributed by atoms with Gasteiger partial charge in [0, 0.05) is 0 Å². The molecule has 0 aliphatic carbocycles. The third-order valence-electron chi connectivity index (χ3n) is 5.30. The first kappa shape index (κ1) is 22.1. The number of nitrogens with zero attached hydrogens (tertiary/aromatic N) is 2. The van der Waals surface area contributed by atoms with E-state index in [1.54, 1.807) is 0 Å². The monoisotopic (exact) mass is 376 g/mol. The summed E-state index contributed by atoms with van der Waals surface area (Å²) in [6.07, 6.45) is 0. The molecule has 0 aliphatic rings. The van der Waals surface area contributed by atoms with Crippen LogP contribution in [0.3, 0.4) is 0 Å². The van der Waals surface area contributed by atoms with Crippen molar-refractivity contribution in [3.05, 3.63) is 64.2 Å². The topological polar surface area (TPSA) is 24.7 Å². The van der Waals surface area contributed by atoms with Gasteiger partial charge in [0.05, 0.1) is 18.2 Å². The zero-order valence-corrected chi connectivity index (χ0v) is 18.9. The molecule has 0 spiro atoms. The Morgan fingerprint density at radius 3 is 1.43 bits per heavy atom. The minimum absolute atomic E-state index is 0.425. The fourth-order valence-electron chi connectivity index (χ4n) is 3.73. The average molecular weight is 377 g/mol. The summed E-state index contributed by atoms with van der Waals surface area (Å²) in [4.78, 5) is 9.30. The molecule has 2 aromatic rings. The smallest absolute Gasteiger partial charge is 0.0952 e. The Balaban J connectivity index is 2.43. The molecule has 0 bridgehead atoms. The van der Waals surface area contributed by atoms with E-state index in [2.05, 4.69) is 103 Å². The molecule has 0 atom stereocenters. The molecule has 150 valence electrons. The van der Waals surface area contributed by atoms with Gasteiger partial charge in [-0.25, -0.2) is 4.99 Å². The first-order valence-electron chi connectivity index (χ1n) is 10.6. The molecule has 0 saturated carbocycles. The van der Waals surface area contributed by atoms with Crippen LogP contribution in [0.15, 0.2) is 46.4 Å². The Morgan fingerprint density at radius 2 is 1.04 bits per heavy atom. The quantitative estimate of drug-likeness (QED) is 0.435. The van der Waals surface area contributed by atoms with Gasteiger partial charge in [0.2, 0.25) is 0 Å². The van der Waals surface area contributed by atoms with Gasteiger partial charge in [0.1, 0.15) is 0 Å². The summed E-state index contributed by atoms with van der Waals surface area (Å²) in [6.45, 7) is 18.5. The van der Waals surface area contributed by atoms with Gasteiger partial charge in [0.25, 0.3) is 0 Å². The van der Waals surface area contributed by atoms with E-state index in [-0.39, 0.29) is 0 Å². The molecule has 0 saturated heterocycles. The minimum atomic E-state index is 0.425. The molecule has 2 nitrogen and oxygen atoms in total. The van der Waals surface area contributed by atoms with E-state index in [0.29, 0.717) is 30.2 Å².